The molecule has 0 aliphatic rings. The molecule has 0 aliphatic heterocycles. The standard InChI is InChI=1S/C7H14NO3P/c1-5-10-12(9,11-6-2)7(3)8-4/h7H,5-6H2,1-3H3. The number of nitrogens with zero attached hydrogens (tertiary/aromatic N) is 1. The van der Waals surface area contributed by atoms with Gasteiger partial charge in [-0.15, -0.1) is 0 Å². The van der Waals surface area contributed by atoms with E-state index in [4.69, 9.17) is 15.6 Å². The Hall–Kier alpha value is -0.360. The summed E-state index contributed by atoms with van der Waals surface area (Å²) in [6, 6.07) is 0. The fraction of sp³-hybridized carbons (Fsp3) is 0.857. The van der Waals surface area contributed by atoms with Gasteiger partial charge in [-0.25, -0.2) is 6.57 Å². The normalized spacial score (nSPS) is 13.8. The van der Waals surface area contributed by atoms with E-state index in [-0.39, 0.29) is 0 Å². The Morgan fingerprint density at radius 3 is 2.08 bits per heavy atom. The highest BCUT2D eigenvalue weighted by molar-refractivity contribution is 7.54. The van der Waals surface area contributed by atoms with Gasteiger partial charge in [0.15, 0.2) is 0 Å². The summed E-state index contributed by atoms with van der Waals surface area (Å²) in [5.41, 5.74) is 0. The molecule has 70 valence electrons. The highest BCUT2D eigenvalue weighted by Crippen LogP contribution is 2.53. The highest BCUT2D eigenvalue weighted by Gasteiger charge is 2.36. The van der Waals surface area contributed by atoms with Crippen LogP contribution in [-0.2, 0) is 13.6 Å². The average Bonchev–Trinajstić information content (AvgIpc) is 2.04. The Kier molecular flexibility index (Phi) is 5.16. The van der Waals surface area contributed by atoms with Crippen molar-refractivity contribution in [2.75, 3.05) is 13.2 Å². The Balaban J connectivity index is 4.40. The minimum Gasteiger partial charge on any atom is -0.303 e. The first-order valence-corrected chi connectivity index (χ1v) is 5.47. The molecule has 0 heterocycles. The van der Waals surface area contributed by atoms with Crippen LogP contribution in [0.5, 0.6) is 0 Å². The lowest BCUT2D eigenvalue weighted by molar-refractivity contribution is 0.216. The SMILES string of the molecule is [C-]#[N+]C(C)P(=O)(OCC)OCC. The van der Waals surface area contributed by atoms with E-state index in [0.717, 1.165) is 0 Å². The van der Waals surface area contributed by atoms with Crippen LogP contribution in [-0.4, -0.2) is 19.0 Å². The predicted molar refractivity (Wildman–Crippen MR) is 46.9 cm³/mol. The Morgan fingerprint density at radius 2 is 1.83 bits per heavy atom. The lowest BCUT2D eigenvalue weighted by Crippen LogP contribution is -2.05. The van der Waals surface area contributed by atoms with E-state index in [0.29, 0.717) is 13.2 Å². The van der Waals surface area contributed by atoms with Crippen LogP contribution in [0.25, 0.3) is 4.85 Å². The van der Waals surface area contributed by atoms with Crippen molar-refractivity contribution in [2.24, 2.45) is 0 Å². The molecule has 0 aliphatic carbocycles. The minimum absolute atomic E-state index is 0.303. The van der Waals surface area contributed by atoms with Gasteiger partial charge in [-0.1, -0.05) is 0 Å². The molecular weight excluding hydrogens is 177 g/mol. The van der Waals surface area contributed by atoms with Crippen LogP contribution in [0, 0.1) is 6.57 Å². The van der Waals surface area contributed by atoms with Gasteiger partial charge in [-0.05, 0) is 13.8 Å². The van der Waals surface area contributed by atoms with Crippen molar-refractivity contribution in [2.45, 2.75) is 26.6 Å². The molecule has 0 aromatic heterocycles. The summed E-state index contributed by atoms with van der Waals surface area (Å²) < 4.78 is 21.6. The maximum absolute atomic E-state index is 11.7. The van der Waals surface area contributed by atoms with Crippen LogP contribution in [0.3, 0.4) is 0 Å². The first kappa shape index (κ1) is 11.6. The average molecular weight is 191 g/mol. The summed E-state index contributed by atoms with van der Waals surface area (Å²) in [5, 5.41) is 0. The maximum atomic E-state index is 11.7. The van der Waals surface area contributed by atoms with Crippen LogP contribution in [0.15, 0.2) is 0 Å². The van der Waals surface area contributed by atoms with Gasteiger partial charge in [-0.2, -0.15) is 0 Å². The van der Waals surface area contributed by atoms with Gasteiger partial charge in [0.2, 0.25) is 0 Å². The Labute approximate surface area is 73.2 Å². The van der Waals surface area contributed by atoms with Crippen LogP contribution < -0.4 is 0 Å². The van der Waals surface area contributed by atoms with Crippen molar-refractivity contribution >= 4 is 7.60 Å². The second kappa shape index (κ2) is 5.31. The topological polar surface area (TPSA) is 39.9 Å². The summed E-state index contributed by atoms with van der Waals surface area (Å²) in [4.78, 5) is 3.13. The summed E-state index contributed by atoms with van der Waals surface area (Å²) >= 11 is 0. The van der Waals surface area contributed by atoms with Crippen molar-refractivity contribution in [1.29, 1.82) is 0 Å². The Morgan fingerprint density at radius 1 is 1.42 bits per heavy atom. The molecule has 0 N–H and O–H groups in total. The second-order valence-corrected chi connectivity index (χ2v) is 4.48. The van der Waals surface area contributed by atoms with Crippen LogP contribution in [0.2, 0.25) is 0 Å². The summed E-state index contributed by atoms with van der Waals surface area (Å²) in [6.07, 6.45) is 0. The van der Waals surface area contributed by atoms with Crippen molar-refractivity contribution < 1.29 is 13.6 Å². The molecule has 0 spiro atoms. The van der Waals surface area contributed by atoms with E-state index >= 15 is 0 Å². The van der Waals surface area contributed by atoms with E-state index < -0.39 is 13.4 Å². The van der Waals surface area contributed by atoms with Crippen molar-refractivity contribution in [1.82, 2.24) is 0 Å². The first-order chi connectivity index (χ1) is 5.60. The third kappa shape index (κ3) is 2.94. The zero-order valence-corrected chi connectivity index (χ0v) is 8.51. The molecule has 5 heteroatoms. The first-order valence-electron chi connectivity index (χ1n) is 3.86. The molecule has 0 aromatic rings. The van der Waals surface area contributed by atoms with Gasteiger partial charge in [0.1, 0.15) is 0 Å². The maximum Gasteiger partial charge on any atom is 0.411 e. The summed E-state index contributed by atoms with van der Waals surface area (Å²) in [7, 11) is -3.16. The van der Waals surface area contributed by atoms with Gasteiger partial charge in [0.25, 0.3) is 0 Å². The van der Waals surface area contributed by atoms with Crippen molar-refractivity contribution in [3.63, 3.8) is 0 Å². The van der Waals surface area contributed by atoms with Gasteiger partial charge < -0.3 is 13.9 Å². The van der Waals surface area contributed by atoms with E-state index in [1.807, 2.05) is 0 Å². The summed E-state index contributed by atoms with van der Waals surface area (Å²) in [6.45, 7) is 12.3. The zero-order valence-electron chi connectivity index (χ0n) is 7.61. The van der Waals surface area contributed by atoms with Crippen LogP contribution >= 0.6 is 7.60 Å². The molecular formula is C7H14NO3P. The summed E-state index contributed by atoms with van der Waals surface area (Å²) in [5.74, 6) is -0.711. The monoisotopic (exact) mass is 191 g/mol. The molecule has 1 atom stereocenters. The van der Waals surface area contributed by atoms with Gasteiger partial charge >= 0.3 is 13.4 Å². The molecule has 0 rings (SSSR count). The van der Waals surface area contributed by atoms with E-state index in [1.165, 1.54) is 0 Å². The molecule has 0 aromatic carbocycles. The molecule has 0 radical (unpaired) electrons. The minimum atomic E-state index is -3.16. The van der Waals surface area contributed by atoms with E-state index in [2.05, 4.69) is 4.85 Å². The van der Waals surface area contributed by atoms with E-state index in [1.54, 1.807) is 20.8 Å². The molecule has 0 fully saturated rings. The smallest absolute Gasteiger partial charge is 0.303 e. The predicted octanol–water partition coefficient (Wildman–Crippen LogP) is 2.52. The molecule has 0 saturated carbocycles. The van der Waals surface area contributed by atoms with Crippen LogP contribution in [0.4, 0.5) is 0 Å². The van der Waals surface area contributed by atoms with E-state index in [9.17, 15) is 4.57 Å². The second-order valence-electron chi connectivity index (χ2n) is 2.14. The number of hydrogen-bond acceptors (Lipinski definition) is 3. The van der Waals surface area contributed by atoms with Gasteiger partial charge in [0.05, 0.1) is 13.2 Å². The number of hydrogen-bond donors (Lipinski definition) is 0. The molecule has 1 unspecified atom stereocenters. The lowest BCUT2D eigenvalue weighted by atomic mass is 10.8. The van der Waals surface area contributed by atoms with Crippen molar-refractivity contribution in [3.05, 3.63) is 11.4 Å². The fourth-order valence-corrected chi connectivity index (χ4v) is 2.05. The molecule has 4 nitrogen and oxygen atoms in total. The quantitative estimate of drug-likeness (QED) is 0.495. The Bertz CT molecular complexity index is 201. The molecule has 0 saturated heterocycles. The van der Waals surface area contributed by atoms with Crippen LogP contribution in [0.1, 0.15) is 20.8 Å². The highest BCUT2D eigenvalue weighted by atomic mass is 31.2. The number of rotatable bonds is 5. The molecule has 0 bridgehead atoms. The van der Waals surface area contributed by atoms with Gasteiger partial charge in [-0.3, -0.25) is 4.57 Å². The molecule has 0 amide bonds. The largest absolute Gasteiger partial charge is 0.411 e. The molecule has 12 heavy (non-hydrogen) atoms. The fourth-order valence-electron chi connectivity index (χ4n) is 0.684. The lowest BCUT2D eigenvalue weighted by Gasteiger charge is -2.15. The van der Waals surface area contributed by atoms with Crippen molar-refractivity contribution in [3.8, 4) is 0 Å². The van der Waals surface area contributed by atoms with Gasteiger partial charge in [0, 0.05) is 6.92 Å². The third-order valence-corrected chi connectivity index (χ3v) is 3.53. The zero-order chi connectivity index (χ0) is 9.61. The third-order valence-electron chi connectivity index (χ3n) is 1.26.